The van der Waals surface area contributed by atoms with Gasteiger partial charge in [0.2, 0.25) is 0 Å². The predicted molar refractivity (Wildman–Crippen MR) is 98.1 cm³/mol. The lowest BCUT2D eigenvalue weighted by molar-refractivity contribution is -0.137. The highest BCUT2D eigenvalue weighted by molar-refractivity contribution is 5.77. The summed E-state index contributed by atoms with van der Waals surface area (Å²) >= 11 is 0. The second-order valence-corrected chi connectivity index (χ2v) is 5.79. The number of hydrogen-bond donors (Lipinski definition) is 1. The van der Waals surface area contributed by atoms with E-state index in [2.05, 4.69) is 15.4 Å². The number of nitrogens with zero attached hydrogens (tertiary/aromatic N) is 3. The van der Waals surface area contributed by atoms with E-state index in [1.807, 2.05) is 13.0 Å². The molecule has 3 aromatic rings. The molecule has 0 aliphatic rings. The molecule has 0 spiro atoms. The van der Waals surface area contributed by atoms with Crippen molar-refractivity contribution < 1.29 is 17.9 Å². The van der Waals surface area contributed by atoms with E-state index in [4.69, 9.17) is 4.74 Å². The van der Waals surface area contributed by atoms with Crippen molar-refractivity contribution in [3.05, 3.63) is 64.8 Å². The predicted octanol–water partition coefficient (Wildman–Crippen LogP) is 4.93. The Morgan fingerprint density at radius 1 is 1.14 bits per heavy atom. The molecule has 0 fully saturated rings. The minimum absolute atomic E-state index is 0.194. The monoisotopic (exact) mass is 384 g/mol. The third-order valence-electron chi connectivity index (χ3n) is 3.90. The second-order valence-electron chi connectivity index (χ2n) is 5.79. The van der Waals surface area contributed by atoms with Crippen LogP contribution in [0, 0.1) is 11.3 Å². The van der Waals surface area contributed by atoms with Gasteiger partial charge in [0.25, 0.3) is 0 Å². The molecule has 0 radical (unpaired) electrons. The first kappa shape index (κ1) is 19.2. The van der Waals surface area contributed by atoms with Gasteiger partial charge in [-0.05, 0) is 42.3 Å². The normalized spacial score (nSPS) is 11.5. The maximum absolute atomic E-state index is 12.8. The van der Waals surface area contributed by atoms with Crippen LogP contribution in [0.4, 0.5) is 13.2 Å². The van der Waals surface area contributed by atoms with Crippen LogP contribution in [0.2, 0.25) is 0 Å². The molecule has 142 valence electrons. The number of ether oxygens (including phenoxy) is 1. The number of nitriles is 1. The number of nitrogens with one attached hydrogen (secondary N) is 1. The summed E-state index contributed by atoms with van der Waals surface area (Å²) in [5, 5.41) is 19.3. The molecule has 3 rings (SSSR count). The summed E-state index contributed by atoms with van der Waals surface area (Å²) < 4.78 is 44.1. The van der Waals surface area contributed by atoms with Crippen LogP contribution in [0.5, 0.6) is 5.75 Å². The van der Waals surface area contributed by atoms with Crippen LogP contribution in [0.1, 0.15) is 29.3 Å². The first-order valence-electron chi connectivity index (χ1n) is 8.36. The quantitative estimate of drug-likeness (QED) is 0.633. The molecule has 5 nitrogen and oxygen atoms in total. The highest BCUT2D eigenvalue weighted by atomic mass is 19.4. The fourth-order valence-electron chi connectivity index (χ4n) is 2.62. The van der Waals surface area contributed by atoms with E-state index in [0.29, 0.717) is 34.7 Å². The Morgan fingerprint density at radius 3 is 2.57 bits per heavy atom. The third-order valence-corrected chi connectivity index (χ3v) is 3.90. The van der Waals surface area contributed by atoms with Crippen LogP contribution in [0.3, 0.4) is 0 Å². The highest BCUT2D eigenvalue weighted by Crippen LogP contribution is 2.32. The van der Waals surface area contributed by atoms with Crippen molar-refractivity contribution >= 4 is 12.2 Å². The number of halogens is 3. The number of aromatic amines is 1. The van der Waals surface area contributed by atoms with Crippen LogP contribution >= 0.6 is 0 Å². The zero-order valence-electron chi connectivity index (χ0n) is 14.8. The Morgan fingerprint density at radius 2 is 1.89 bits per heavy atom. The standard InChI is InChI=1S/C20H15F3N4O/c1-2-28-18-9-8-14(11-16(18)19-17(12-24)25-27-26-19)7-6-13-4-3-5-15(10-13)20(21,22)23/h3-11H,2H2,1H3,(H,25,26,27)/b7-6+. The van der Waals surface area contributed by atoms with Crippen molar-refractivity contribution in [1.82, 2.24) is 15.4 Å². The highest BCUT2D eigenvalue weighted by Gasteiger charge is 2.30. The molecular formula is C20H15F3N4O. The topological polar surface area (TPSA) is 74.6 Å². The van der Waals surface area contributed by atoms with Gasteiger partial charge in [-0.3, -0.25) is 0 Å². The van der Waals surface area contributed by atoms with Gasteiger partial charge in [0, 0.05) is 5.56 Å². The largest absolute Gasteiger partial charge is 0.493 e. The Balaban J connectivity index is 1.97. The maximum Gasteiger partial charge on any atom is 0.416 e. The molecule has 0 saturated carbocycles. The molecule has 1 heterocycles. The summed E-state index contributed by atoms with van der Waals surface area (Å²) in [6.45, 7) is 2.26. The van der Waals surface area contributed by atoms with Crippen LogP contribution in [-0.4, -0.2) is 22.0 Å². The summed E-state index contributed by atoms with van der Waals surface area (Å²) in [4.78, 5) is 0. The lowest BCUT2D eigenvalue weighted by Crippen LogP contribution is -2.04. The maximum atomic E-state index is 12.8. The van der Waals surface area contributed by atoms with E-state index in [-0.39, 0.29) is 5.69 Å². The molecule has 1 aromatic heterocycles. The Bertz CT molecular complexity index is 1050. The summed E-state index contributed by atoms with van der Waals surface area (Å²) in [7, 11) is 0. The Labute approximate surface area is 159 Å². The minimum Gasteiger partial charge on any atom is -0.493 e. The van der Waals surface area contributed by atoms with Gasteiger partial charge >= 0.3 is 6.18 Å². The average Bonchev–Trinajstić information content (AvgIpc) is 3.15. The molecule has 0 amide bonds. The number of H-pyrrole nitrogens is 1. The lowest BCUT2D eigenvalue weighted by atomic mass is 10.0. The van der Waals surface area contributed by atoms with Crippen molar-refractivity contribution in [2.24, 2.45) is 0 Å². The van der Waals surface area contributed by atoms with Crippen molar-refractivity contribution in [3.63, 3.8) is 0 Å². The number of benzene rings is 2. The van der Waals surface area contributed by atoms with Gasteiger partial charge in [-0.15, -0.1) is 5.10 Å². The van der Waals surface area contributed by atoms with Gasteiger partial charge in [0.15, 0.2) is 5.69 Å². The van der Waals surface area contributed by atoms with E-state index < -0.39 is 11.7 Å². The van der Waals surface area contributed by atoms with Crippen LogP contribution in [0.25, 0.3) is 23.4 Å². The molecule has 8 heteroatoms. The van der Waals surface area contributed by atoms with Gasteiger partial charge in [-0.1, -0.05) is 35.6 Å². The van der Waals surface area contributed by atoms with Gasteiger partial charge < -0.3 is 4.74 Å². The fourth-order valence-corrected chi connectivity index (χ4v) is 2.62. The summed E-state index contributed by atoms with van der Waals surface area (Å²) in [5.41, 5.74) is 1.54. The molecule has 0 aliphatic heterocycles. The van der Waals surface area contributed by atoms with E-state index in [9.17, 15) is 18.4 Å². The van der Waals surface area contributed by atoms with Crippen LogP contribution in [-0.2, 0) is 6.18 Å². The van der Waals surface area contributed by atoms with Crippen molar-refractivity contribution in [2.45, 2.75) is 13.1 Å². The van der Waals surface area contributed by atoms with E-state index in [1.54, 1.807) is 36.4 Å². The number of alkyl halides is 3. The summed E-state index contributed by atoms with van der Waals surface area (Å²) in [6, 6.07) is 12.3. The van der Waals surface area contributed by atoms with E-state index in [0.717, 1.165) is 12.1 Å². The van der Waals surface area contributed by atoms with Crippen LogP contribution in [0.15, 0.2) is 42.5 Å². The summed E-state index contributed by atoms with van der Waals surface area (Å²) in [5.74, 6) is 0.532. The van der Waals surface area contributed by atoms with Gasteiger partial charge in [-0.25, -0.2) is 5.10 Å². The van der Waals surface area contributed by atoms with E-state index in [1.165, 1.54) is 6.07 Å². The summed E-state index contributed by atoms with van der Waals surface area (Å²) in [6.07, 6.45) is -1.12. The zero-order valence-corrected chi connectivity index (χ0v) is 14.8. The van der Waals surface area contributed by atoms with Crippen LogP contribution < -0.4 is 4.74 Å². The molecule has 0 aliphatic carbocycles. The Hall–Kier alpha value is -3.60. The molecule has 1 N–H and O–H groups in total. The second kappa shape index (κ2) is 7.96. The SMILES string of the molecule is CCOc1ccc(/C=C/c2cccc(C(F)(F)F)c2)cc1-c1nn[nH]c1C#N. The zero-order chi connectivity index (χ0) is 20.1. The average molecular weight is 384 g/mol. The molecule has 0 atom stereocenters. The van der Waals surface area contributed by atoms with Crippen molar-refractivity contribution in [3.8, 4) is 23.1 Å². The number of rotatable bonds is 5. The van der Waals surface area contributed by atoms with Gasteiger partial charge in [0.05, 0.1) is 12.2 Å². The minimum atomic E-state index is -4.39. The molecule has 2 aromatic carbocycles. The smallest absolute Gasteiger partial charge is 0.416 e. The lowest BCUT2D eigenvalue weighted by Gasteiger charge is -2.09. The molecule has 0 unspecified atom stereocenters. The molecule has 28 heavy (non-hydrogen) atoms. The molecular weight excluding hydrogens is 369 g/mol. The number of hydrogen-bond acceptors (Lipinski definition) is 4. The molecule has 0 bridgehead atoms. The fraction of sp³-hybridized carbons (Fsp3) is 0.150. The third kappa shape index (κ3) is 4.20. The number of aromatic nitrogens is 3. The first-order chi connectivity index (χ1) is 13.4. The van der Waals surface area contributed by atoms with Gasteiger partial charge in [-0.2, -0.15) is 18.4 Å². The van der Waals surface area contributed by atoms with Crippen molar-refractivity contribution in [2.75, 3.05) is 6.61 Å². The molecule has 0 saturated heterocycles. The van der Waals surface area contributed by atoms with E-state index >= 15 is 0 Å². The van der Waals surface area contributed by atoms with Crippen molar-refractivity contribution in [1.29, 1.82) is 5.26 Å². The van der Waals surface area contributed by atoms with Gasteiger partial charge in [0.1, 0.15) is 17.5 Å². The Kier molecular flexibility index (Phi) is 5.45. The first-order valence-corrected chi connectivity index (χ1v) is 8.36.